The number of hydrogen-bond donors (Lipinski definition) is 1. The third-order valence-corrected chi connectivity index (χ3v) is 5.77. The van der Waals surface area contributed by atoms with Crippen LogP contribution in [0.2, 0.25) is 0 Å². The van der Waals surface area contributed by atoms with E-state index in [0.717, 1.165) is 37.2 Å². The lowest BCUT2D eigenvalue weighted by Crippen LogP contribution is -2.38. The Morgan fingerprint density at radius 1 is 1.15 bits per heavy atom. The van der Waals surface area contributed by atoms with Gasteiger partial charge in [0, 0.05) is 23.5 Å². The molecule has 1 aliphatic rings. The summed E-state index contributed by atoms with van der Waals surface area (Å²) in [7, 11) is 0. The number of rotatable bonds is 7. The van der Waals surface area contributed by atoms with E-state index >= 15 is 0 Å². The van der Waals surface area contributed by atoms with Gasteiger partial charge >= 0.3 is 0 Å². The fraction of sp³-hybridized carbons (Fsp3) is 0.429. The second kappa shape index (κ2) is 9.55. The van der Waals surface area contributed by atoms with E-state index in [0.29, 0.717) is 11.3 Å². The molecule has 1 aromatic heterocycles. The number of nitrogens with one attached hydrogen (secondary N) is 1. The molecule has 2 amide bonds. The second-order valence-electron chi connectivity index (χ2n) is 6.70. The van der Waals surface area contributed by atoms with Crippen molar-refractivity contribution < 1.29 is 14.3 Å². The van der Waals surface area contributed by atoms with Crippen molar-refractivity contribution in [2.24, 2.45) is 0 Å². The maximum Gasteiger partial charge on any atom is 0.260 e. The van der Waals surface area contributed by atoms with E-state index in [4.69, 9.17) is 4.74 Å². The lowest BCUT2D eigenvalue weighted by atomic mass is 10.1. The van der Waals surface area contributed by atoms with Crippen molar-refractivity contribution >= 4 is 23.2 Å². The molecular weight excluding hydrogens is 360 g/mol. The molecule has 1 N–H and O–H groups in total. The van der Waals surface area contributed by atoms with Gasteiger partial charge in [0.1, 0.15) is 5.75 Å². The predicted octanol–water partition coefficient (Wildman–Crippen LogP) is 4.02. The van der Waals surface area contributed by atoms with Crippen LogP contribution in [0.3, 0.4) is 0 Å². The van der Waals surface area contributed by atoms with Crippen LogP contribution in [0.1, 0.15) is 53.9 Å². The minimum Gasteiger partial charge on any atom is -0.484 e. The molecule has 0 saturated carbocycles. The van der Waals surface area contributed by atoms with Crippen molar-refractivity contribution in [1.82, 2.24) is 10.2 Å². The van der Waals surface area contributed by atoms with Crippen LogP contribution in [0.25, 0.3) is 0 Å². The normalized spacial score (nSPS) is 15.2. The molecule has 1 aliphatic heterocycles. The van der Waals surface area contributed by atoms with Crippen LogP contribution in [0.4, 0.5) is 0 Å². The van der Waals surface area contributed by atoms with E-state index in [1.54, 1.807) is 35.6 Å². The predicted molar refractivity (Wildman–Crippen MR) is 107 cm³/mol. The van der Waals surface area contributed by atoms with E-state index in [9.17, 15) is 9.59 Å². The number of ether oxygens (including phenoxy) is 1. The molecule has 6 heteroatoms. The lowest BCUT2D eigenvalue weighted by molar-refractivity contribution is -0.134. The number of benzene rings is 1. The molecule has 1 atom stereocenters. The Balaban J connectivity index is 1.51. The van der Waals surface area contributed by atoms with Crippen LogP contribution in [0.15, 0.2) is 41.8 Å². The molecule has 1 saturated heterocycles. The first-order chi connectivity index (χ1) is 13.2. The summed E-state index contributed by atoms with van der Waals surface area (Å²) in [5, 5.41) is 5.08. The molecule has 0 bridgehead atoms. The Morgan fingerprint density at radius 3 is 2.52 bits per heavy atom. The van der Waals surface area contributed by atoms with Crippen LogP contribution >= 0.6 is 11.3 Å². The topological polar surface area (TPSA) is 58.6 Å². The number of likely N-dealkylation sites (tertiary alicyclic amines) is 1. The number of carbonyl (C=O) groups is 2. The SMILES string of the molecule is CC[C@@H](NC(=O)c1ccc(OCC(=O)N2CCCCC2)cc1)c1cccs1. The van der Waals surface area contributed by atoms with Crippen LogP contribution in [0, 0.1) is 0 Å². The van der Waals surface area contributed by atoms with Crippen molar-refractivity contribution in [3.05, 3.63) is 52.2 Å². The molecule has 0 unspecified atom stereocenters. The molecule has 0 radical (unpaired) electrons. The standard InChI is InChI=1S/C21H26N2O3S/c1-2-18(19-7-6-14-27-19)22-21(25)16-8-10-17(11-9-16)26-15-20(24)23-12-4-3-5-13-23/h6-11,14,18H,2-5,12-13,15H2,1H3,(H,22,25)/t18-/m1/s1. The third-order valence-electron chi connectivity index (χ3n) is 4.79. The van der Waals surface area contributed by atoms with Gasteiger partial charge in [-0.25, -0.2) is 0 Å². The summed E-state index contributed by atoms with van der Waals surface area (Å²) in [4.78, 5) is 27.7. The van der Waals surface area contributed by atoms with E-state index < -0.39 is 0 Å². The first kappa shape index (κ1) is 19.4. The zero-order chi connectivity index (χ0) is 19.1. The highest BCUT2D eigenvalue weighted by molar-refractivity contribution is 7.10. The molecule has 5 nitrogen and oxygen atoms in total. The van der Waals surface area contributed by atoms with E-state index in [2.05, 4.69) is 12.2 Å². The highest BCUT2D eigenvalue weighted by atomic mass is 32.1. The van der Waals surface area contributed by atoms with Crippen LogP contribution < -0.4 is 10.1 Å². The molecule has 3 rings (SSSR count). The molecule has 2 aromatic rings. The van der Waals surface area contributed by atoms with Gasteiger partial charge in [-0.05, 0) is 61.4 Å². The number of hydrogen-bond acceptors (Lipinski definition) is 4. The summed E-state index contributed by atoms with van der Waals surface area (Å²) >= 11 is 1.65. The zero-order valence-electron chi connectivity index (χ0n) is 15.6. The maximum absolute atomic E-state index is 12.5. The van der Waals surface area contributed by atoms with Crippen molar-refractivity contribution in [2.45, 2.75) is 38.6 Å². The van der Waals surface area contributed by atoms with E-state index in [-0.39, 0.29) is 24.5 Å². The number of nitrogens with zero attached hydrogens (tertiary/aromatic N) is 1. The molecule has 27 heavy (non-hydrogen) atoms. The van der Waals surface area contributed by atoms with Gasteiger partial charge in [0.2, 0.25) is 0 Å². The molecule has 1 fully saturated rings. The molecule has 2 heterocycles. The van der Waals surface area contributed by atoms with Crippen LogP contribution in [0.5, 0.6) is 5.75 Å². The van der Waals surface area contributed by atoms with Crippen LogP contribution in [-0.2, 0) is 4.79 Å². The van der Waals surface area contributed by atoms with Crippen molar-refractivity contribution in [3.8, 4) is 5.75 Å². The van der Waals surface area contributed by atoms with Gasteiger partial charge in [0.15, 0.2) is 6.61 Å². The Labute approximate surface area is 164 Å². The molecule has 1 aromatic carbocycles. The molecule has 0 spiro atoms. The Morgan fingerprint density at radius 2 is 1.89 bits per heavy atom. The Hall–Kier alpha value is -2.34. The molecule has 144 valence electrons. The molecule has 0 aliphatic carbocycles. The smallest absolute Gasteiger partial charge is 0.260 e. The quantitative estimate of drug-likeness (QED) is 0.782. The van der Waals surface area contributed by atoms with Crippen molar-refractivity contribution in [2.75, 3.05) is 19.7 Å². The molecular formula is C21H26N2O3S. The van der Waals surface area contributed by atoms with E-state index in [1.165, 1.54) is 6.42 Å². The van der Waals surface area contributed by atoms with Gasteiger partial charge in [-0.1, -0.05) is 13.0 Å². The first-order valence-electron chi connectivity index (χ1n) is 9.52. The largest absolute Gasteiger partial charge is 0.484 e. The van der Waals surface area contributed by atoms with Gasteiger partial charge < -0.3 is 15.0 Å². The number of piperidine rings is 1. The minimum absolute atomic E-state index is 0.0237. The van der Waals surface area contributed by atoms with Gasteiger partial charge in [0.05, 0.1) is 6.04 Å². The highest BCUT2D eigenvalue weighted by Crippen LogP contribution is 2.22. The van der Waals surface area contributed by atoms with Gasteiger partial charge in [-0.15, -0.1) is 11.3 Å². The summed E-state index contributed by atoms with van der Waals surface area (Å²) < 4.78 is 5.60. The van der Waals surface area contributed by atoms with Gasteiger partial charge in [0.25, 0.3) is 11.8 Å². The first-order valence-corrected chi connectivity index (χ1v) is 10.4. The van der Waals surface area contributed by atoms with Crippen LogP contribution in [-0.4, -0.2) is 36.4 Å². The summed E-state index contributed by atoms with van der Waals surface area (Å²) in [6.07, 6.45) is 4.17. The van der Waals surface area contributed by atoms with Crippen molar-refractivity contribution in [1.29, 1.82) is 0 Å². The number of carbonyl (C=O) groups excluding carboxylic acids is 2. The third kappa shape index (κ3) is 5.32. The van der Waals surface area contributed by atoms with Crippen molar-refractivity contribution in [3.63, 3.8) is 0 Å². The maximum atomic E-state index is 12.5. The Kier molecular flexibility index (Phi) is 6.87. The summed E-state index contributed by atoms with van der Waals surface area (Å²) in [5.74, 6) is 0.520. The average molecular weight is 387 g/mol. The fourth-order valence-corrected chi connectivity index (χ4v) is 4.05. The number of amides is 2. The van der Waals surface area contributed by atoms with Gasteiger partial charge in [-0.3, -0.25) is 9.59 Å². The summed E-state index contributed by atoms with van der Waals surface area (Å²) in [6.45, 7) is 3.75. The fourth-order valence-electron chi connectivity index (χ4n) is 3.19. The summed E-state index contributed by atoms with van der Waals surface area (Å²) in [5.41, 5.74) is 0.583. The summed E-state index contributed by atoms with van der Waals surface area (Å²) in [6, 6.07) is 11.0. The van der Waals surface area contributed by atoms with E-state index in [1.807, 2.05) is 22.4 Å². The highest BCUT2D eigenvalue weighted by Gasteiger charge is 2.17. The zero-order valence-corrected chi connectivity index (χ0v) is 16.5. The lowest BCUT2D eigenvalue weighted by Gasteiger charge is -2.26. The van der Waals surface area contributed by atoms with Gasteiger partial charge in [-0.2, -0.15) is 0 Å². The number of thiophene rings is 1. The Bertz CT molecular complexity index is 737. The monoisotopic (exact) mass is 386 g/mol. The second-order valence-corrected chi connectivity index (χ2v) is 7.68. The average Bonchev–Trinajstić information content (AvgIpc) is 3.25. The minimum atomic E-state index is -0.105.